The number of carbonyl (C=O) groups excluding carboxylic acids is 1. The molecule has 0 aliphatic carbocycles. The molecule has 1 rings (SSSR count). The summed E-state index contributed by atoms with van der Waals surface area (Å²) in [6, 6.07) is 8.55. The van der Waals surface area contributed by atoms with Gasteiger partial charge in [0.1, 0.15) is 0 Å². The van der Waals surface area contributed by atoms with Gasteiger partial charge in [-0.3, -0.25) is 4.79 Å². The lowest BCUT2D eigenvalue weighted by atomic mass is 10.1. The van der Waals surface area contributed by atoms with E-state index in [1.54, 1.807) is 30.8 Å². The summed E-state index contributed by atoms with van der Waals surface area (Å²) in [6.45, 7) is 7.38. The lowest BCUT2D eigenvalue weighted by Crippen LogP contribution is -2.35. The van der Waals surface area contributed by atoms with E-state index in [1.807, 2.05) is 0 Å². The Hall–Kier alpha value is -1.00. The average Bonchev–Trinajstić information content (AvgIpc) is 2.36. The Morgan fingerprint density at radius 1 is 1.20 bits per heavy atom. The number of thioether (sulfide) groups is 1. The van der Waals surface area contributed by atoms with Crippen LogP contribution < -0.4 is 5.32 Å². The number of nitrogens with one attached hydrogen (secondary N) is 1. The number of hydrogen-bond acceptors (Lipinski definition) is 3. The second-order valence-electron chi connectivity index (χ2n) is 6.13. The lowest BCUT2D eigenvalue weighted by molar-refractivity contribution is -0.128. The van der Waals surface area contributed by atoms with Crippen molar-refractivity contribution in [3.63, 3.8) is 0 Å². The van der Waals surface area contributed by atoms with Crippen LogP contribution in [0.25, 0.3) is 0 Å². The molecule has 4 heteroatoms. The van der Waals surface area contributed by atoms with Crippen LogP contribution in [0.4, 0.5) is 0 Å². The van der Waals surface area contributed by atoms with E-state index < -0.39 is 0 Å². The first kappa shape index (κ1) is 17.1. The van der Waals surface area contributed by atoms with Gasteiger partial charge in [0.2, 0.25) is 5.91 Å². The van der Waals surface area contributed by atoms with Gasteiger partial charge in [0.25, 0.3) is 0 Å². The van der Waals surface area contributed by atoms with E-state index in [4.69, 9.17) is 0 Å². The SMILES string of the molecule is CN(C)C(=O)CCSc1ccc(CNC(C)(C)C)cc1. The van der Waals surface area contributed by atoms with Crippen LogP contribution >= 0.6 is 11.8 Å². The summed E-state index contributed by atoms with van der Waals surface area (Å²) < 4.78 is 0. The Balaban J connectivity index is 2.37. The van der Waals surface area contributed by atoms with Crippen LogP contribution in [-0.4, -0.2) is 36.2 Å². The summed E-state index contributed by atoms with van der Waals surface area (Å²) in [7, 11) is 3.59. The molecule has 0 fully saturated rings. The monoisotopic (exact) mass is 294 g/mol. The molecule has 0 spiro atoms. The van der Waals surface area contributed by atoms with Gasteiger partial charge in [-0.1, -0.05) is 12.1 Å². The molecule has 0 radical (unpaired) electrons. The Bertz CT molecular complexity index is 421. The van der Waals surface area contributed by atoms with Crippen molar-refractivity contribution >= 4 is 17.7 Å². The zero-order chi connectivity index (χ0) is 15.2. The van der Waals surface area contributed by atoms with Crippen LogP contribution in [0.5, 0.6) is 0 Å². The molecule has 112 valence electrons. The number of benzene rings is 1. The summed E-state index contributed by atoms with van der Waals surface area (Å²) in [5.74, 6) is 1.01. The summed E-state index contributed by atoms with van der Waals surface area (Å²) in [5, 5.41) is 3.47. The van der Waals surface area contributed by atoms with Crippen LogP contribution in [0.2, 0.25) is 0 Å². The van der Waals surface area contributed by atoms with Gasteiger partial charge in [0.15, 0.2) is 0 Å². The number of hydrogen-bond donors (Lipinski definition) is 1. The highest BCUT2D eigenvalue weighted by molar-refractivity contribution is 7.99. The molecule has 3 nitrogen and oxygen atoms in total. The minimum atomic E-state index is 0.139. The van der Waals surface area contributed by atoms with Crippen LogP contribution in [0.1, 0.15) is 32.8 Å². The first-order valence-electron chi connectivity index (χ1n) is 6.95. The first-order valence-corrected chi connectivity index (χ1v) is 7.93. The van der Waals surface area contributed by atoms with Crippen LogP contribution in [-0.2, 0) is 11.3 Å². The predicted octanol–water partition coefficient (Wildman–Crippen LogP) is 3.15. The summed E-state index contributed by atoms with van der Waals surface area (Å²) in [6.07, 6.45) is 0.588. The maximum Gasteiger partial charge on any atom is 0.222 e. The summed E-state index contributed by atoms with van der Waals surface area (Å²) >= 11 is 1.73. The van der Waals surface area contributed by atoms with Crippen molar-refractivity contribution in [1.29, 1.82) is 0 Å². The van der Waals surface area contributed by atoms with Gasteiger partial charge >= 0.3 is 0 Å². The Morgan fingerprint density at radius 3 is 2.30 bits per heavy atom. The lowest BCUT2D eigenvalue weighted by Gasteiger charge is -2.20. The topological polar surface area (TPSA) is 32.3 Å². The predicted molar refractivity (Wildman–Crippen MR) is 87.1 cm³/mol. The highest BCUT2D eigenvalue weighted by Gasteiger charge is 2.08. The quantitative estimate of drug-likeness (QED) is 0.818. The maximum atomic E-state index is 11.5. The largest absolute Gasteiger partial charge is 0.349 e. The fourth-order valence-electron chi connectivity index (χ4n) is 1.55. The molecule has 0 saturated heterocycles. The molecule has 0 aliphatic rings. The van der Waals surface area contributed by atoms with Crippen molar-refractivity contribution < 1.29 is 4.79 Å². The van der Waals surface area contributed by atoms with Crippen molar-refractivity contribution in [3.05, 3.63) is 29.8 Å². The minimum Gasteiger partial charge on any atom is -0.349 e. The number of carbonyl (C=O) groups is 1. The molecule has 0 unspecified atom stereocenters. The van der Waals surface area contributed by atoms with Crippen molar-refractivity contribution in [1.82, 2.24) is 10.2 Å². The molecule has 0 aliphatic heterocycles. The van der Waals surface area contributed by atoms with E-state index >= 15 is 0 Å². The van der Waals surface area contributed by atoms with Crippen LogP contribution in [0.3, 0.4) is 0 Å². The van der Waals surface area contributed by atoms with Gasteiger partial charge in [0.05, 0.1) is 0 Å². The van der Waals surface area contributed by atoms with Gasteiger partial charge in [-0.25, -0.2) is 0 Å². The number of amides is 1. The third-order valence-electron chi connectivity index (χ3n) is 2.83. The number of rotatable bonds is 6. The molecule has 1 aromatic rings. The van der Waals surface area contributed by atoms with Gasteiger partial charge in [0, 0.05) is 43.2 Å². The van der Waals surface area contributed by atoms with Crippen molar-refractivity contribution in [2.75, 3.05) is 19.8 Å². The van der Waals surface area contributed by atoms with E-state index in [2.05, 4.69) is 50.4 Å². The highest BCUT2D eigenvalue weighted by atomic mass is 32.2. The van der Waals surface area contributed by atoms with E-state index in [9.17, 15) is 4.79 Å². The molecule has 0 saturated carbocycles. The fraction of sp³-hybridized carbons (Fsp3) is 0.562. The first-order chi connectivity index (χ1) is 9.28. The van der Waals surface area contributed by atoms with Crippen LogP contribution in [0, 0.1) is 0 Å². The second-order valence-corrected chi connectivity index (χ2v) is 7.30. The van der Waals surface area contributed by atoms with Crippen molar-refractivity contribution in [3.8, 4) is 0 Å². The molecule has 0 bridgehead atoms. The molecule has 1 amide bonds. The molecule has 1 N–H and O–H groups in total. The van der Waals surface area contributed by atoms with Gasteiger partial charge < -0.3 is 10.2 Å². The third-order valence-corrected chi connectivity index (χ3v) is 3.84. The molecule has 1 aromatic carbocycles. The Labute approximate surface area is 127 Å². The molecule has 20 heavy (non-hydrogen) atoms. The zero-order valence-electron chi connectivity index (χ0n) is 13.2. The minimum absolute atomic E-state index is 0.139. The molecule has 0 atom stereocenters. The standard InChI is InChI=1S/C16H26N2OS/c1-16(2,3)17-12-13-6-8-14(9-7-13)20-11-10-15(19)18(4)5/h6-9,17H,10-12H2,1-5H3. The highest BCUT2D eigenvalue weighted by Crippen LogP contribution is 2.19. The second kappa shape index (κ2) is 7.70. The van der Waals surface area contributed by atoms with Gasteiger partial charge in [-0.15, -0.1) is 11.8 Å². The van der Waals surface area contributed by atoms with Crippen LogP contribution in [0.15, 0.2) is 29.2 Å². The van der Waals surface area contributed by atoms with Gasteiger partial charge in [-0.05, 0) is 38.5 Å². The molecule has 0 heterocycles. The van der Waals surface area contributed by atoms with Crippen molar-refractivity contribution in [2.45, 2.75) is 44.2 Å². The zero-order valence-corrected chi connectivity index (χ0v) is 14.0. The molecular weight excluding hydrogens is 268 g/mol. The fourth-order valence-corrected chi connectivity index (χ4v) is 2.39. The normalized spacial score (nSPS) is 11.4. The summed E-state index contributed by atoms with van der Waals surface area (Å²) in [5.41, 5.74) is 1.42. The van der Waals surface area contributed by atoms with Crippen molar-refractivity contribution in [2.24, 2.45) is 0 Å². The smallest absolute Gasteiger partial charge is 0.222 e. The number of nitrogens with zero attached hydrogens (tertiary/aromatic N) is 1. The summed E-state index contributed by atoms with van der Waals surface area (Å²) in [4.78, 5) is 14.3. The Kier molecular flexibility index (Phi) is 6.56. The van der Waals surface area contributed by atoms with E-state index in [-0.39, 0.29) is 11.4 Å². The maximum absolute atomic E-state index is 11.5. The third kappa shape index (κ3) is 6.96. The molecular formula is C16H26N2OS. The van der Waals surface area contributed by atoms with E-state index in [1.165, 1.54) is 10.5 Å². The van der Waals surface area contributed by atoms with E-state index in [0.717, 1.165) is 12.3 Å². The Morgan fingerprint density at radius 2 is 1.80 bits per heavy atom. The van der Waals surface area contributed by atoms with Gasteiger partial charge in [-0.2, -0.15) is 0 Å². The van der Waals surface area contributed by atoms with E-state index in [0.29, 0.717) is 6.42 Å². The average molecular weight is 294 g/mol. The molecule has 0 aromatic heterocycles.